The Morgan fingerprint density at radius 1 is 1.56 bits per heavy atom. The molecule has 0 aliphatic rings. The molecule has 0 radical (unpaired) electrons. The van der Waals surface area contributed by atoms with Gasteiger partial charge in [0.15, 0.2) is 5.13 Å². The summed E-state index contributed by atoms with van der Waals surface area (Å²) in [6.07, 6.45) is 3.14. The summed E-state index contributed by atoms with van der Waals surface area (Å²) in [5, 5.41) is 3.94. The zero-order chi connectivity index (χ0) is 11.5. The lowest BCUT2D eigenvalue weighted by Crippen LogP contribution is -2.06. The number of halogens is 1. The van der Waals surface area contributed by atoms with Gasteiger partial charge in [0.25, 0.3) is 0 Å². The average Bonchev–Trinajstić information content (AvgIpc) is 2.59. The normalized spacial score (nSPS) is 11.1. The Morgan fingerprint density at radius 2 is 2.38 bits per heavy atom. The summed E-state index contributed by atoms with van der Waals surface area (Å²) in [5.41, 5.74) is 0.838. The van der Waals surface area contributed by atoms with Crippen LogP contribution in [0, 0.1) is 0 Å². The zero-order valence-electron chi connectivity index (χ0n) is 8.53. The van der Waals surface area contributed by atoms with Gasteiger partial charge in [0.2, 0.25) is 5.91 Å². The minimum atomic E-state index is -0.173. The first-order chi connectivity index (χ1) is 7.69. The highest BCUT2D eigenvalue weighted by atomic mass is 35.5. The van der Waals surface area contributed by atoms with Crippen LogP contribution in [-0.4, -0.2) is 10.9 Å². The van der Waals surface area contributed by atoms with Gasteiger partial charge in [0, 0.05) is 5.02 Å². The van der Waals surface area contributed by atoms with Crippen LogP contribution in [0.3, 0.4) is 0 Å². The van der Waals surface area contributed by atoms with E-state index in [4.69, 9.17) is 11.6 Å². The smallest absolute Gasteiger partial charge is 0.249 e. The molecule has 1 N–H and O–H groups in total. The van der Waals surface area contributed by atoms with Crippen molar-refractivity contribution in [2.24, 2.45) is 0 Å². The highest BCUT2D eigenvalue weighted by Crippen LogP contribution is 2.28. The molecule has 0 bridgehead atoms. The number of hydrogen-bond donors (Lipinski definition) is 1. The molecule has 0 fully saturated rings. The summed E-state index contributed by atoms with van der Waals surface area (Å²) in [6, 6.07) is 5.44. The first-order valence-electron chi connectivity index (χ1n) is 4.69. The Kier molecular flexibility index (Phi) is 3.22. The summed E-state index contributed by atoms with van der Waals surface area (Å²) >= 11 is 7.27. The first kappa shape index (κ1) is 11.1. The molecule has 0 aliphatic heterocycles. The summed E-state index contributed by atoms with van der Waals surface area (Å²) in [6.45, 7) is 1.79. The standard InChI is InChI=1S/C11H9ClN2OS/c1-2-3-10(15)14-11-13-8-5-4-7(12)6-9(8)16-11/h2-6H,1H3,(H,13,14,15)/b3-2+. The molecule has 0 aliphatic carbocycles. The number of anilines is 1. The molecule has 5 heteroatoms. The second kappa shape index (κ2) is 4.63. The van der Waals surface area contributed by atoms with Crippen LogP contribution in [0.2, 0.25) is 5.02 Å². The molecule has 1 aromatic heterocycles. The number of fused-ring (bicyclic) bond motifs is 1. The molecule has 2 aromatic rings. The van der Waals surface area contributed by atoms with Crippen molar-refractivity contribution in [3.63, 3.8) is 0 Å². The van der Waals surface area contributed by atoms with Crippen molar-refractivity contribution in [3.8, 4) is 0 Å². The molecule has 1 heterocycles. The van der Waals surface area contributed by atoms with E-state index in [1.807, 2.05) is 12.1 Å². The third-order valence-corrected chi connectivity index (χ3v) is 3.07. The molecule has 0 spiro atoms. The van der Waals surface area contributed by atoms with Crippen LogP contribution in [0.25, 0.3) is 10.2 Å². The third-order valence-electron chi connectivity index (χ3n) is 1.90. The van der Waals surface area contributed by atoms with Crippen molar-refractivity contribution in [1.82, 2.24) is 4.98 Å². The highest BCUT2D eigenvalue weighted by Gasteiger charge is 2.05. The fraction of sp³-hybridized carbons (Fsp3) is 0.0909. The van der Waals surface area contributed by atoms with E-state index >= 15 is 0 Å². The third kappa shape index (κ3) is 2.40. The molecule has 0 unspecified atom stereocenters. The van der Waals surface area contributed by atoms with Gasteiger partial charge in [-0.3, -0.25) is 10.1 Å². The van der Waals surface area contributed by atoms with Crippen molar-refractivity contribution in [2.45, 2.75) is 6.92 Å². The Bertz CT molecular complexity index is 562. The number of hydrogen-bond acceptors (Lipinski definition) is 3. The fourth-order valence-corrected chi connectivity index (χ4v) is 2.40. The van der Waals surface area contributed by atoms with E-state index in [1.54, 1.807) is 19.1 Å². The van der Waals surface area contributed by atoms with Crippen LogP contribution < -0.4 is 5.32 Å². The number of thiazole rings is 1. The SMILES string of the molecule is C/C=C/C(=O)Nc1nc2ccc(Cl)cc2s1. The summed E-state index contributed by atoms with van der Waals surface area (Å²) in [4.78, 5) is 15.6. The van der Waals surface area contributed by atoms with Gasteiger partial charge in [0.05, 0.1) is 10.2 Å². The Labute approximate surface area is 102 Å². The predicted octanol–water partition coefficient (Wildman–Crippen LogP) is 3.46. The Morgan fingerprint density at radius 3 is 3.12 bits per heavy atom. The quantitative estimate of drug-likeness (QED) is 0.832. The molecule has 82 valence electrons. The minimum Gasteiger partial charge on any atom is -0.298 e. The second-order valence-electron chi connectivity index (χ2n) is 3.12. The lowest BCUT2D eigenvalue weighted by molar-refractivity contribution is -0.111. The molecule has 16 heavy (non-hydrogen) atoms. The van der Waals surface area contributed by atoms with E-state index in [2.05, 4.69) is 10.3 Å². The Hall–Kier alpha value is -1.39. The zero-order valence-corrected chi connectivity index (χ0v) is 10.1. The van der Waals surface area contributed by atoms with Crippen LogP contribution in [0.4, 0.5) is 5.13 Å². The van der Waals surface area contributed by atoms with Crippen molar-refractivity contribution < 1.29 is 4.79 Å². The van der Waals surface area contributed by atoms with Crippen molar-refractivity contribution >= 4 is 44.2 Å². The molecular weight excluding hydrogens is 244 g/mol. The number of benzene rings is 1. The van der Waals surface area contributed by atoms with Gasteiger partial charge >= 0.3 is 0 Å². The molecule has 0 saturated carbocycles. The lowest BCUT2D eigenvalue weighted by atomic mass is 10.3. The van der Waals surface area contributed by atoms with E-state index < -0.39 is 0 Å². The van der Waals surface area contributed by atoms with Gasteiger partial charge in [-0.25, -0.2) is 4.98 Å². The maximum Gasteiger partial charge on any atom is 0.249 e. The minimum absolute atomic E-state index is 0.173. The van der Waals surface area contributed by atoms with Gasteiger partial charge in [-0.1, -0.05) is 29.0 Å². The van der Waals surface area contributed by atoms with Crippen molar-refractivity contribution in [2.75, 3.05) is 5.32 Å². The summed E-state index contributed by atoms with van der Waals surface area (Å²) in [5.74, 6) is -0.173. The fourth-order valence-electron chi connectivity index (χ4n) is 1.25. The highest BCUT2D eigenvalue weighted by molar-refractivity contribution is 7.22. The number of carbonyl (C=O) groups is 1. The molecule has 1 amide bonds. The number of allylic oxidation sites excluding steroid dienone is 1. The van der Waals surface area contributed by atoms with Crippen LogP contribution in [0.5, 0.6) is 0 Å². The van der Waals surface area contributed by atoms with Crippen molar-refractivity contribution in [3.05, 3.63) is 35.4 Å². The number of amides is 1. The monoisotopic (exact) mass is 252 g/mol. The van der Waals surface area contributed by atoms with Crippen LogP contribution >= 0.6 is 22.9 Å². The number of nitrogens with one attached hydrogen (secondary N) is 1. The van der Waals surface area contributed by atoms with Crippen LogP contribution in [0.1, 0.15) is 6.92 Å². The molecule has 1 aromatic carbocycles. The maximum atomic E-state index is 11.3. The van der Waals surface area contributed by atoms with Crippen LogP contribution in [-0.2, 0) is 4.79 Å². The summed E-state index contributed by atoms with van der Waals surface area (Å²) < 4.78 is 0.961. The van der Waals surface area contributed by atoms with E-state index in [0.29, 0.717) is 10.2 Å². The average molecular weight is 253 g/mol. The lowest BCUT2D eigenvalue weighted by Gasteiger charge is -1.93. The molecule has 0 atom stereocenters. The van der Waals surface area contributed by atoms with E-state index in [-0.39, 0.29) is 5.91 Å². The topological polar surface area (TPSA) is 42.0 Å². The number of rotatable bonds is 2. The predicted molar refractivity (Wildman–Crippen MR) is 68.1 cm³/mol. The van der Waals surface area contributed by atoms with Crippen molar-refractivity contribution in [1.29, 1.82) is 0 Å². The van der Waals surface area contributed by atoms with Crippen LogP contribution in [0.15, 0.2) is 30.4 Å². The Balaban J connectivity index is 2.29. The largest absolute Gasteiger partial charge is 0.298 e. The molecular formula is C11H9ClN2OS. The first-order valence-corrected chi connectivity index (χ1v) is 5.88. The van der Waals surface area contributed by atoms with E-state index in [9.17, 15) is 4.79 Å². The van der Waals surface area contributed by atoms with Gasteiger partial charge in [0.1, 0.15) is 0 Å². The molecule has 3 nitrogen and oxygen atoms in total. The molecule has 2 rings (SSSR count). The van der Waals surface area contributed by atoms with Gasteiger partial charge < -0.3 is 0 Å². The summed E-state index contributed by atoms with van der Waals surface area (Å²) in [7, 11) is 0. The number of nitrogens with zero attached hydrogens (tertiary/aromatic N) is 1. The second-order valence-corrected chi connectivity index (χ2v) is 4.59. The van der Waals surface area contributed by atoms with Gasteiger partial charge in [-0.2, -0.15) is 0 Å². The van der Waals surface area contributed by atoms with Gasteiger partial charge in [-0.15, -0.1) is 0 Å². The number of aromatic nitrogens is 1. The van der Waals surface area contributed by atoms with E-state index in [1.165, 1.54) is 17.4 Å². The number of carbonyl (C=O) groups excluding carboxylic acids is 1. The molecule has 0 saturated heterocycles. The van der Waals surface area contributed by atoms with Gasteiger partial charge in [-0.05, 0) is 31.2 Å². The van der Waals surface area contributed by atoms with E-state index in [0.717, 1.165) is 10.2 Å². The maximum absolute atomic E-state index is 11.3.